The molecule has 0 saturated carbocycles. The van der Waals surface area contributed by atoms with Gasteiger partial charge in [-0.3, -0.25) is 9.97 Å². The third-order valence-electron chi connectivity index (χ3n) is 3.67. The molecule has 0 fully saturated rings. The second kappa shape index (κ2) is 7.07. The number of methoxy groups -OCH3 is 2. The molecule has 23 heavy (non-hydrogen) atoms. The maximum absolute atomic E-state index is 5.39. The van der Waals surface area contributed by atoms with Crippen molar-refractivity contribution in [2.75, 3.05) is 14.2 Å². The van der Waals surface area contributed by atoms with E-state index in [-0.39, 0.29) is 0 Å². The molecule has 0 saturated heterocycles. The molecular formula is C18H19N3O2. The molecule has 0 spiro atoms. The molecule has 5 nitrogen and oxygen atoms in total. The average Bonchev–Trinajstić information content (AvgIpc) is 2.61. The first kappa shape index (κ1) is 15.2. The molecule has 118 valence electrons. The zero-order valence-electron chi connectivity index (χ0n) is 13.2. The molecule has 0 aliphatic heterocycles. The SMILES string of the molecule is COc1ccc(OC)c(CNCc2ccc3nccnc3c2)c1. The van der Waals surface area contributed by atoms with E-state index in [0.717, 1.165) is 34.6 Å². The van der Waals surface area contributed by atoms with Crippen LogP contribution in [0.4, 0.5) is 0 Å². The van der Waals surface area contributed by atoms with E-state index in [4.69, 9.17) is 9.47 Å². The van der Waals surface area contributed by atoms with Crippen molar-refractivity contribution in [1.82, 2.24) is 15.3 Å². The van der Waals surface area contributed by atoms with Gasteiger partial charge in [-0.15, -0.1) is 0 Å². The van der Waals surface area contributed by atoms with Crippen LogP contribution >= 0.6 is 0 Å². The van der Waals surface area contributed by atoms with E-state index in [1.165, 1.54) is 5.56 Å². The largest absolute Gasteiger partial charge is 0.497 e. The topological polar surface area (TPSA) is 56.3 Å². The van der Waals surface area contributed by atoms with Crippen molar-refractivity contribution in [1.29, 1.82) is 0 Å². The lowest BCUT2D eigenvalue weighted by Gasteiger charge is -2.11. The molecule has 3 aromatic rings. The lowest BCUT2D eigenvalue weighted by Crippen LogP contribution is -2.13. The van der Waals surface area contributed by atoms with Crippen LogP contribution in [0.25, 0.3) is 11.0 Å². The lowest BCUT2D eigenvalue weighted by atomic mass is 10.1. The van der Waals surface area contributed by atoms with Gasteiger partial charge in [-0.2, -0.15) is 0 Å². The average molecular weight is 309 g/mol. The standard InChI is InChI=1S/C18H19N3O2/c1-22-15-4-6-18(23-2)14(10-15)12-19-11-13-3-5-16-17(9-13)21-8-7-20-16/h3-10,19H,11-12H2,1-2H3. The number of ether oxygens (including phenoxy) is 2. The van der Waals surface area contributed by atoms with E-state index >= 15 is 0 Å². The number of nitrogens with zero attached hydrogens (tertiary/aromatic N) is 2. The smallest absolute Gasteiger partial charge is 0.123 e. The molecule has 0 radical (unpaired) electrons. The van der Waals surface area contributed by atoms with Crippen LogP contribution in [0.1, 0.15) is 11.1 Å². The summed E-state index contributed by atoms with van der Waals surface area (Å²) in [7, 11) is 3.34. The minimum atomic E-state index is 0.693. The summed E-state index contributed by atoms with van der Waals surface area (Å²) in [6.07, 6.45) is 3.41. The monoisotopic (exact) mass is 309 g/mol. The molecule has 1 N–H and O–H groups in total. The Hall–Kier alpha value is -2.66. The fourth-order valence-electron chi connectivity index (χ4n) is 2.48. The molecule has 0 unspecified atom stereocenters. The molecule has 0 aliphatic rings. The van der Waals surface area contributed by atoms with E-state index < -0.39 is 0 Å². The van der Waals surface area contributed by atoms with Gasteiger partial charge < -0.3 is 14.8 Å². The Morgan fingerprint density at radius 2 is 1.70 bits per heavy atom. The fraction of sp³-hybridized carbons (Fsp3) is 0.222. The molecule has 0 amide bonds. The van der Waals surface area contributed by atoms with Crippen LogP contribution in [0, 0.1) is 0 Å². The number of rotatable bonds is 6. The Balaban J connectivity index is 1.68. The summed E-state index contributed by atoms with van der Waals surface area (Å²) in [5.74, 6) is 1.67. The summed E-state index contributed by atoms with van der Waals surface area (Å²) in [6.45, 7) is 1.44. The van der Waals surface area contributed by atoms with Crippen molar-refractivity contribution in [3.8, 4) is 11.5 Å². The maximum atomic E-state index is 5.39. The van der Waals surface area contributed by atoms with Crippen LogP contribution in [-0.4, -0.2) is 24.2 Å². The number of aromatic nitrogens is 2. The first-order chi connectivity index (χ1) is 11.3. The molecule has 2 aromatic carbocycles. The second-order valence-electron chi connectivity index (χ2n) is 5.16. The molecule has 5 heteroatoms. The zero-order valence-corrected chi connectivity index (χ0v) is 13.2. The van der Waals surface area contributed by atoms with Crippen molar-refractivity contribution < 1.29 is 9.47 Å². The highest BCUT2D eigenvalue weighted by Crippen LogP contribution is 2.23. The van der Waals surface area contributed by atoms with Gasteiger partial charge >= 0.3 is 0 Å². The summed E-state index contributed by atoms with van der Waals surface area (Å²) >= 11 is 0. The fourth-order valence-corrected chi connectivity index (χ4v) is 2.48. The summed E-state index contributed by atoms with van der Waals surface area (Å²) in [5.41, 5.74) is 4.05. The van der Waals surface area contributed by atoms with Crippen LogP contribution in [0.3, 0.4) is 0 Å². The van der Waals surface area contributed by atoms with E-state index in [9.17, 15) is 0 Å². The van der Waals surface area contributed by atoms with Gasteiger partial charge in [0.15, 0.2) is 0 Å². The minimum absolute atomic E-state index is 0.693. The second-order valence-corrected chi connectivity index (χ2v) is 5.16. The minimum Gasteiger partial charge on any atom is -0.497 e. The molecular weight excluding hydrogens is 290 g/mol. The van der Waals surface area contributed by atoms with Crippen LogP contribution in [0.2, 0.25) is 0 Å². The van der Waals surface area contributed by atoms with Gasteiger partial charge in [-0.1, -0.05) is 6.07 Å². The third kappa shape index (κ3) is 3.57. The van der Waals surface area contributed by atoms with Crippen LogP contribution in [0.15, 0.2) is 48.8 Å². The predicted molar refractivity (Wildman–Crippen MR) is 89.6 cm³/mol. The highest BCUT2D eigenvalue weighted by atomic mass is 16.5. The number of hydrogen-bond donors (Lipinski definition) is 1. The number of nitrogens with one attached hydrogen (secondary N) is 1. The van der Waals surface area contributed by atoms with Gasteiger partial charge in [0.25, 0.3) is 0 Å². The first-order valence-corrected chi connectivity index (χ1v) is 7.41. The van der Waals surface area contributed by atoms with E-state index in [0.29, 0.717) is 6.54 Å². The summed E-state index contributed by atoms with van der Waals surface area (Å²) < 4.78 is 10.7. The molecule has 0 atom stereocenters. The Bertz CT molecular complexity index is 805. The first-order valence-electron chi connectivity index (χ1n) is 7.41. The Kier molecular flexibility index (Phi) is 4.68. The van der Waals surface area contributed by atoms with E-state index in [1.54, 1.807) is 26.6 Å². The van der Waals surface area contributed by atoms with Gasteiger partial charge in [0.1, 0.15) is 11.5 Å². The van der Waals surface area contributed by atoms with Crippen LogP contribution in [-0.2, 0) is 13.1 Å². The molecule has 3 rings (SSSR count). The Labute approximate surface area is 135 Å². The van der Waals surface area contributed by atoms with E-state index in [1.807, 2.05) is 24.3 Å². The Morgan fingerprint density at radius 1 is 0.870 bits per heavy atom. The third-order valence-corrected chi connectivity index (χ3v) is 3.67. The van der Waals surface area contributed by atoms with Crippen molar-refractivity contribution in [2.24, 2.45) is 0 Å². The Morgan fingerprint density at radius 3 is 2.48 bits per heavy atom. The van der Waals surface area contributed by atoms with Gasteiger partial charge in [-0.25, -0.2) is 0 Å². The molecule has 1 heterocycles. The van der Waals surface area contributed by atoms with Gasteiger partial charge in [-0.05, 0) is 35.9 Å². The summed E-state index contributed by atoms with van der Waals surface area (Å²) in [4.78, 5) is 8.61. The van der Waals surface area contributed by atoms with Gasteiger partial charge in [0.05, 0.1) is 25.3 Å². The highest BCUT2D eigenvalue weighted by molar-refractivity contribution is 5.74. The molecule has 1 aromatic heterocycles. The van der Waals surface area contributed by atoms with Crippen molar-refractivity contribution in [3.05, 3.63) is 59.9 Å². The van der Waals surface area contributed by atoms with Crippen LogP contribution in [0.5, 0.6) is 11.5 Å². The van der Waals surface area contributed by atoms with Gasteiger partial charge in [0, 0.05) is 31.0 Å². The van der Waals surface area contributed by atoms with Crippen molar-refractivity contribution in [3.63, 3.8) is 0 Å². The number of benzene rings is 2. The lowest BCUT2D eigenvalue weighted by molar-refractivity contribution is 0.397. The van der Waals surface area contributed by atoms with Crippen molar-refractivity contribution >= 4 is 11.0 Å². The van der Waals surface area contributed by atoms with Crippen LogP contribution < -0.4 is 14.8 Å². The quantitative estimate of drug-likeness (QED) is 0.758. The van der Waals surface area contributed by atoms with E-state index in [2.05, 4.69) is 27.4 Å². The van der Waals surface area contributed by atoms with Gasteiger partial charge in [0.2, 0.25) is 0 Å². The summed E-state index contributed by atoms with van der Waals surface area (Å²) in [6, 6.07) is 11.9. The predicted octanol–water partition coefficient (Wildman–Crippen LogP) is 2.94. The normalized spacial score (nSPS) is 10.7. The molecule has 0 bridgehead atoms. The van der Waals surface area contributed by atoms with Crippen molar-refractivity contribution in [2.45, 2.75) is 13.1 Å². The molecule has 0 aliphatic carbocycles. The number of hydrogen-bond acceptors (Lipinski definition) is 5. The zero-order chi connectivity index (χ0) is 16.1. The highest BCUT2D eigenvalue weighted by Gasteiger charge is 2.05. The number of fused-ring (bicyclic) bond motifs is 1. The maximum Gasteiger partial charge on any atom is 0.123 e. The summed E-state index contributed by atoms with van der Waals surface area (Å²) in [5, 5.41) is 3.42.